The number of carbonyl (C=O) groups is 2. The molecular formula is C19H19NO3. The van der Waals surface area contributed by atoms with Crippen LogP contribution in [0.15, 0.2) is 60.7 Å². The van der Waals surface area contributed by atoms with Crippen LogP contribution in [-0.2, 0) is 20.7 Å². The molecule has 4 nitrogen and oxygen atoms in total. The molecule has 1 saturated heterocycles. The van der Waals surface area contributed by atoms with Crippen LogP contribution >= 0.6 is 0 Å². The number of hydrogen-bond acceptors (Lipinski definition) is 3. The summed E-state index contributed by atoms with van der Waals surface area (Å²) in [6.07, 6.45) is -1.02. The fourth-order valence-electron chi connectivity index (χ4n) is 2.70. The SMILES string of the molecule is CC1NC(=O)[C@H]1OC(C(=O)Cc1ccccc1)c1ccccc1. The second kappa shape index (κ2) is 6.75. The number of nitrogens with one attached hydrogen (secondary N) is 1. The van der Waals surface area contributed by atoms with E-state index < -0.39 is 12.2 Å². The maximum absolute atomic E-state index is 12.7. The smallest absolute Gasteiger partial charge is 0.251 e. The Labute approximate surface area is 135 Å². The average molecular weight is 309 g/mol. The van der Waals surface area contributed by atoms with Gasteiger partial charge in [0.2, 0.25) is 0 Å². The van der Waals surface area contributed by atoms with Gasteiger partial charge in [0, 0.05) is 6.42 Å². The lowest BCUT2D eigenvalue weighted by molar-refractivity contribution is -0.158. The normalized spacial score (nSPS) is 21.2. The largest absolute Gasteiger partial charge is 0.350 e. The van der Waals surface area contributed by atoms with E-state index in [2.05, 4.69) is 5.32 Å². The van der Waals surface area contributed by atoms with Gasteiger partial charge in [-0.05, 0) is 18.1 Å². The van der Waals surface area contributed by atoms with Crippen LogP contribution in [0.3, 0.4) is 0 Å². The van der Waals surface area contributed by atoms with Gasteiger partial charge < -0.3 is 10.1 Å². The van der Waals surface area contributed by atoms with Crippen LogP contribution in [0.4, 0.5) is 0 Å². The second-order valence-corrected chi connectivity index (χ2v) is 5.77. The lowest BCUT2D eigenvalue weighted by Crippen LogP contribution is -2.62. The molecule has 1 aliphatic rings. The minimum atomic E-state index is -0.727. The number of hydrogen-bond donors (Lipinski definition) is 1. The molecule has 118 valence electrons. The summed E-state index contributed by atoms with van der Waals surface area (Å²) in [6.45, 7) is 1.87. The van der Waals surface area contributed by atoms with Crippen LogP contribution in [0.5, 0.6) is 0 Å². The van der Waals surface area contributed by atoms with E-state index in [0.29, 0.717) is 0 Å². The van der Waals surface area contributed by atoms with Crippen molar-refractivity contribution in [3.05, 3.63) is 71.8 Å². The van der Waals surface area contributed by atoms with Gasteiger partial charge in [-0.2, -0.15) is 0 Å². The molecule has 0 radical (unpaired) electrons. The Kier molecular flexibility index (Phi) is 4.53. The molecule has 1 N–H and O–H groups in total. The van der Waals surface area contributed by atoms with Crippen molar-refractivity contribution in [2.24, 2.45) is 0 Å². The first kappa shape index (κ1) is 15.4. The fraction of sp³-hybridized carbons (Fsp3) is 0.263. The van der Waals surface area contributed by atoms with E-state index in [4.69, 9.17) is 4.74 Å². The van der Waals surface area contributed by atoms with Crippen molar-refractivity contribution >= 4 is 11.7 Å². The van der Waals surface area contributed by atoms with Crippen molar-refractivity contribution in [2.75, 3.05) is 0 Å². The summed E-state index contributed by atoms with van der Waals surface area (Å²) in [5.74, 6) is -0.208. The molecule has 2 aromatic carbocycles. The first-order valence-electron chi connectivity index (χ1n) is 7.72. The third kappa shape index (κ3) is 3.48. The van der Waals surface area contributed by atoms with Crippen molar-refractivity contribution in [1.29, 1.82) is 0 Å². The molecule has 0 saturated carbocycles. The van der Waals surface area contributed by atoms with Gasteiger partial charge in [-0.1, -0.05) is 60.7 Å². The quantitative estimate of drug-likeness (QED) is 0.834. The lowest BCUT2D eigenvalue weighted by atomic mass is 9.98. The Morgan fingerprint density at radius 1 is 1.09 bits per heavy atom. The molecule has 3 rings (SSSR count). The monoisotopic (exact) mass is 309 g/mol. The lowest BCUT2D eigenvalue weighted by Gasteiger charge is -2.36. The van der Waals surface area contributed by atoms with Crippen LogP contribution in [0.25, 0.3) is 0 Å². The highest BCUT2D eigenvalue weighted by Gasteiger charge is 2.40. The summed E-state index contributed by atoms with van der Waals surface area (Å²) in [4.78, 5) is 24.4. The number of amides is 1. The first-order chi connectivity index (χ1) is 11.1. The zero-order chi connectivity index (χ0) is 16.2. The molecule has 1 heterocycles. The van der Waals surface area contributed by atoms with Gasteiger partial charge >= 0.3 is 0 Å². The summed E-state index contributed by atoms with van der Waals surface area (Å²) in [5.41, 5.74) is 1.72. The highest BCUT2D eigenvalue weighted by atomic mass is 16.5. The van der Waals surface area contributed by atoms with E-state index >= 15 is 0 Å². The van der Waals surface area contributed by atoms with Gasteiger partial charge in [0.1, 0.15) is 6.10 Å². The Hall–Kier alpha value is -2.46. The second-order valence-electron chi connectivity index (χ2n) is 5.77. The zero-order valence-electron chi connectivity index (χ0n) is 12.9. The van der Waals surface area contributed by atoms with Gasteiger partial charge in [-0.3, -0.25) is 9.59 Å². The van der Waals surface area contributed by atoms with E-state index in [0.717, 1.165) is 11.1 Å². The van der Waals surface area contributed by atoms with E-state index in [1.54, 1.807) is 0 Å². The third-order valence-corrected chi connectivity index (χ3v) is 3.98. The number of Topliss-reactive ketones (excluding diaryl/α,β-unsaturated/α-hetero) is 1. The van der Waals surface area contributed by atoms with Crippen molar-refractivity contribution < 1.29 is 14.3 Å². The molecule has 1 fully saturated rings. The molecule has 0 spiro atoms. The molecule has 0 aliphatic carbocycles. The Bertz CT molecular complexity index is 684. The van der Waals surface area contributed by atoms with Crippen LogP contribution in [0.2, 0.25) is 0 Å². The number of β-lactam (4-membered cyclic amide) rings is 1. The van der Waals surface area contributed by atoms with Crippen molar-refractivity contribution in [3.8, 4) is 0 Å². The predicted molar refractivity (Wildman–Crippen MR) is 86.8 cm³/mol. The molecule has 1 aliphatic heterocycles. The van der Waals surface area contributed by atoms with Gasteiger partial charge in [-0.25, -0.2) is 0 Å². The minimum Gasteiger partial charge on any atom is -0.350 e. The maximum Gasteiger partial charge on any atom is 0.251 e. The molecule has 2 aromatic rings. The highest BCUT2D eigenvalue weighted by Crippen LogP contribution is 2.25. The molecule has 1 amide bonds. The van der Waals surface area contributed by atoms with Gasteiger partial charge in [-0.15, -0.1) is 0 Å². The third-order valence-electron chi connectivity index (χ3n) is 3.98. The molecule has 4 heteroatoms. The summed E-state index contributed by atoms with van der Waals surface area (Å²) < 4.78 is 5.87. The van der Waals surface area contributed by atoms with Crippen LogP contribution in [0.1, 0.15) is 24.2 Å². The number of rotatable bonds is 6. The summed E-state index contributed by atoms with van der Waals surface area (Å²) in [6, 6.07) is 18.8. The van der Waals surface area contributed by atoms with E-state index in [1.807, 2.05) is 67.6 Å². The molecule has 0 bridgehead atoms. The first-order valence-corrected chi connectivity index (χ1v) is 7.72. The summed E-state index contributed by atoms with van der Waals surface area (Å²) in [7, 11) is 0. The standard InChI is InChI=1S/C19H19NO3/c1-13-17(19(22)20-13)23-18(15-10-6-3-7-11-15)16(21)12-14-8-4-2-5-9-14/h2-11,13,17-18H,12H2,1H3,(H,20,22)/t13?,17-,18?/m0/s1. The molecule has 0 aromatic heterocycles. The van der Waals surface area contributed by atoms with Gasteiger partial charge in [0.25, 0.3) is 5.91 Å². The van der Waals surface area contributed by atoms with E-state index in [-0.39, 0.29) is 24.2 Å². The number of ether oxygens (including phenoxy) is 1. The Balaban J connectivity index is 1.80. The molecular weight excluding hydrogens is 290 g/mol. The summed E-state index contributed by atoms with van der Waals surface area (Å²) in [5, 5.41) is 2.73. The van der Waals surface area contributed by atoms with Crippen molar-refractivity contribution in [3.63, 3.8) is 0 Å². The highest BCUT2D eigenvalue weighted by molar-refractivity contribution is 5.90. The fourth-order valence-corrected chi connectivity index (χ4v) is 2.70. The maximum atomic E-state index is 12.7. The number of ketones is 1. The Morgan fingerprint density at radius 2 is 1.70 bits per heavy atom. The van der Waals surface area contributed by atoms with Crippen LogP contribution < -0.4 is 5.32 Å². The molecule has 3 atom stereocenters. The zero-order valence-corrected chi connectivity index (χ0v) is 12.9. The number of carbonyl (C=O) groups excluding carboxylic acids is 2. The van der Waals surface area contributed by atoms with Crippen LogP contribution in [0, 0.1) is 0 Å². The molecule has 23 heavy (non-hydrogen) atoms. The summed E-state index contributed by atoms with van der Waals surface area (Å²) >= 11 is 0. The van der Waals surface area contributed by atoms with E-state index in [9.17, 15) is 9.59 Å². The van der Waals surface area contributed by atoms with Crippen molar-refractivity contribution in [2.45, 2.75) is 31.6 Å². The molecule has 2 unspecified atom stereocenters. The van der Waals surface area contributed by atoms with Gasteiger partial charge in [0.05, 0.1) is 6.04 Å². The Morgan fingerprint density at radius 3 is 2.26 bits per heavy atom. The minimum absolute atomic E-state index is 0.0469. The van der Waals surface area contributed by atoms with Crippen LogP contribution in [-0.4, -0.2) is 23.8 Å². The number of benzene rings is 2. The average Bonchev–Trinajstić information content (AvgIpc) is 2.57. The predicted octanol–water partition coefficient (Wildman–Crippen LogP) is 2.44. The topological polar surface area (TPSA) is 55.4 Å². The van der Waals surface area contributed by atoms with E-state index in [1.165, 1.54) is 0 Å². The van der Waals surface area contributed by atoms with Crippen molar-refractivity contribution in [1.82, 2.24) is 5.32 Å². The van der Waals surface area contributed by atoms with Gasteiger partial charge in [0.15, 0.2) is 11.9 Å².